The van der Waals surface area contributed by atoms with Gasteiger partial charge in [0.1, 0.15) is 15.5 Å². The van der Waals surface area contributed by atoms with E-state index in [9.17, 15) is 9.59 Å². The summed E-state index contributed by atoms with van der Waals surface area (Å²) in [6.07, 6.45) is 0. The molecule has 0 unspecified atom stereocenters. The number of aromatic nitrogens is 5. The van der Waals surface area contributed by atoms with Crippen molar-refractivity contribution < 1.29 is 9.53 Å². The lowest BCUT2D eigenvalue weighted by atomic mass is 10.2. The zero-order valence-electron chi connectivity index (χ0n) is 16.8. The zero-order chi connectivity index (χ0) is 21.7. The number of aromatic amines is 1. The molecule has 8 nitrogen and oxygen atoms in total. The SMILES string of the molecule is CCOC(=O)c1sc2nc([C@H](C)Sc3nnc4sc5ccccc5n34)[nH]c(=O)c2c1C. The highest BCUT2D eigenvalue weighted by Gasteiger charge is 2.23. The van der Waals surface area contributed by atoms with Gasteiger partial charge in [0.2, 0.25) is 4.96 Å². The number of esters is 1. The van der Waals surface area contributed by atoms with Crippen LogP contribution >= 0.6 is 34.4 Å². The van der Waals surface area contributed by atoms with Crippen molar-refractivity contribution in [3.05, 3.63) is 50.9 Å². The lowest BCUT2D eigenvalue weighted by Crippen LogP contribution is -2.13. The Balaban J connectivity index is 1.53. The van der Waals surface area contributed by atoms with Gasteiger partial charge in [-0.15, -0.1) is 21.5 Å². The maximum absolute atomic E-state index is 12.8. The molecular weight excluding hydrogens is 454 g/mol. The van der Waals surface area contributed by atoms with E-state index in [-0.39, 0.29) is 17.4 Å². The van der Waals surface area contributed by atoms with Crippen molar-refractivity contribution in [1.82, 2.24) is 24.6 Å². The molecular formula is C20H17N5O3S3. The summed E-state index contributed by atoms with van der Waals surface area (Å²) in [7, 11) is 0. The number of thiophene rings is 1. The first-order valence-corrected chi connectivity index (χ1v) is 12.1. The number of hydrogen-bond donors (Lipinski definition) is 1. The van der Waals surface area contributed by atoms with E-state index >= 15 is 0 Å². The summed E-state index contributed by atoms with van der Waals surface area (Å²) < 4.78 is 8.26. The topological polar surface area (TPSA) is 102 Å². The predicted molar refractivity (Wildman–Crippen MR) is 124 cm³/mol. The number of thiazole rings is 1. The fourth-order valence-electron chi connectivity index (χ4n) is 3.39. The summed E-state index contributed by atoms with van der Waals surface area (Å²) in [5.74, 6) is 0.0944. The lowest BCUT2D eigenvalue weighted by molar-refractivity contribution is 0.0531. The Labute approximate surface area is 188 Å². The van der Waals surface area contributed by atoms with Gasteiger partial charge in [-0.3, -0.25) is 9.20 Å². The summed E-state index contributed by atoms with van der Waals surface area (Å²) in [6, 6.07) is 8.08. The fraction of sp³-hybridized carbons (Fsp3) is 0.250. The van der Waals surface area contributed by atoms with E-state index in [1.54, 1.807) is 25.2 Å². The van der Waals surface area contributed by atoms with Gasteiger partial charge in [0.25, 0.3) is 5.56 Å². The molecule has 0 saturated heterocycles. The number of rotatable bonds is 5. The fourth-order valence-corrected chi connectivity index (χ4v) is 6.41. The number of fused-ring (bicyclic) bond motifs is 4. The molecule has 31 heavy (non-hydrogen) atoms. The normalized spacial score (nSPS) is 12.7. The van der Waals surface area contributed by atoms with Gasteiger partial charge in [-0.25, -0.2) is 9.78 Å². The van der Waals surface area contributed by atoms with Crippen LogP contribution in [0.25, 0.3) is 25.4 Å². The summed E-state index contributed by atoms with van der Waals surface area (Å²) >= 11 is 4.24. The third-order valence-electron chi connectivity index (χ3n) is 4.86. The molecule has 0 fully saturated rings. The average molecular weight is 472 g/mol. The van der Waals surface area contributed by atoms with Gasteiger partial charge >= 0.3 is 5.97 Å². The molecule has 4 heterocycles. The van der Waals surface area contributed by atoms with Crippen molar-refractivity contribution in [2.45, 2.75) is 31.2 Å². The van der Waals surface area contributed by atoms with Gasteiger partial charge in [-0.2, -0.15) is 0 Å². The summed E-state index contributed by atoms with van der Waals surface area (Å²) in [5.41, 5.74) is 1.39. The molecule has 1 N–H and O–H groups in total. The molecule has 5 aromatic rings. The second kappa shape index (κ2) is 7.74. The minimum atomic E-state index is -0.429. The average Bonchev–Trinajstić information content (AvgIpc) is 3.41. The molecule has 0 bridgehead atoms. The van der Waals surface area contributed by atoms with Crippen LogP contribution < -0.4 is 5.56 Å². The number of para-hydroxylation sites is 1. The van der Waals surface area contributed by atoms with Crippen LogP contribution in [0.2, 0.25) is 0 Å². The van der Waals surface area contributed by atoms with Crippen molar-refractivity contribution in [2.24, 2.45) is 0 Å². The predicted octanol–water partition coefficient (Wildman–Crippen LogP) is 4.58. The molecule has 1 aromatic carbocycles. The maximum atomic E-state index is 12.8. The van der Waals surface area contributed by atoms with Gasteiger partial charge in [0.05, 0.1) is 27.5 Å². The molecule has 5 rings (SSSR count). The van der Waals surface area contributed by atoms with Crippen LogP contribution in [-0.2, 0) is 4.74 Å². The highest BCUT2D eigenvalue weighted by Crippen LogP contribution is 2.36. The van der Waals surface area contributed by atoms with Gasteiger partial charge in [0, 0.05) is 0 Å². The van der Waals surface area contributed by atoms with E-state index in [2.05, 4.69) is 26.2 Å². The van der Waals surface area contributed by atoms with Crippen LogP contribution in [0.1, 0.15) is 40.2 Å². The first-order valence-electron chi connectivity index (χ1n) is 9.57. The number of nitrogens with one attached hydrogen (secondary N) is 1. The molecule has 0 aliphatic carbocycles. The summed E-state index contributed by atoms with van der Waals surface area (Å²) in [6.45, 7) is 5.73. The third-order valence-corrected chi connectivity index (χ3v) is 8.09. The maximum Gasteiger partial charge on any atom is 0.348 e. The summed E-state index contributed by atoms with van der Waals surface area (Å²) in [5, 5.41) is 9.60. The monoisotopic (exact) mass is 471 g/mol. The molecule has 0 aliphatic rings. The van der Waals surface area contributed by atoms with Crippen LogP contribution in [0, 0.1) is 6.92 Å². The Kier molecular flexibility index (Phi) is 5.03. The summed E-state index contributed by atoms with van der Waals surface area (Å²) in [4.78, 5) is 34.3. The number of H-pyrrole nitrogens is 1. The standard InChI is InChI=1S/C20H17N5O3S3/c1-4-28-18(27)14-9(2)13-16(26)21-15(22-17(13)31-14)10(3)29-19-23-24-20-25(19)11-7-5-6-8-12(11)30-20/h5-8,10H,4H2,1-3H3,(H,21,22,26)/t10-/m0/s1. The van der Waals surface area contributed by atoms with Gasteiger partial charge < -0.3 is 9.72 Å². The van der Waals surface area contributed by atoms with E-state index in [0.717, 1.165) is 20.3 Å². The molecule has 0 amide bonds. The number of benzene rings is 1. The number of carbonyl (C=O) groups excluding carboxylic acids is 1. The van der Waals surface area contributed by atoms with Gasteiger partial charge in [-0.1, -0.05) is 35.2 Å². The minimum absolute atomic E-state index is 0.184. The Bertz CT molecular complexity index is 1510. The number of hydrogen-bond acceptors (Lipinski definition) is 9. The first kappa shape index (κ1) is 20.2. The Hall–Kier alpha value is -2.76. The van der Waals surface area contributed by atoms with Gasteiger partial charge in [-0.05, 0) is 38.5 Å². The molecule has 1 atom stereocenters. The molecule has 0 aliphatic heterocycles. The molecule has 0 radical (unpaired) electrons. The van der Waals surface area contributed by atoms with Crippen molar-refractivity contribution >= 4 is 65.8 Å². The second-order valence-electron chi connectivity index (χ2n) is 6.84. The number of carbonyl (C=O) groups is 1. The molecule has 158 valence electrons. The highest BCUT2D eigenvalue weighted by atomic mass is 32.2. The van der Waals surface area contributed by atoms with Gasteiger partial charge in [0.15, 0.2) is 5.16 Å². The zero-order valence-corrected chi connectivity index (χ0v) is 19.3. The van der Waals surface area contributed by atoms with Crippen LogP contribution in [0.3, 0.4) is 0 Å². The molecule has 4 aromatic heterocycles. The van der Waals surface area contributed by atoms with E-state index in [1.807, 2.05) is 29.5 Å². The van der Waals surface area contributed by atoms with Crippen LogP contribution in [0.5, 0.6) is 0 Å². The largest absolute Gasteiger partial charge is 0.462 e. The lowest BCUT2D eigenvalue weighted by Gasteiger charge is -2.09. The molecule has 0 spiro atoms. The minimum Gasteiger partial charge on any atom is -0.462 e. The number of thioether (sulfide) groups is 1. The van der Waals surface area contributed by atoms with E-state index in [4.69, 9.17) is 4.74 Å². The van der Waals surface area contributed by atoms with Crippen LogP contribution in [-0.4, -0.2) is 37.1 Å². The Morgan fingerprint density at radius 1 is 1.29 bits per heavy atom. The smallest absolute Gasteiger partial charge is 0.348 e. The molecule has 11 heteroatoms. The number of nitrogens with zero attached hydrogens (tertiary/aromatic N) is 4. The third kappa shape index (κ3) is 3.33. The van der Waals surface area contributed by atoms with Crippen molar-refractivity contribution in [3.63, 3.8) is 0 Å². The molecule has 0 saturated carbocycles. The van der Waals surface area contributed by atoms with E-state index in [1.165, 1.54) is 23.1 Å². The Morgan fingerprint density at radius 2 is 2.10 bits per heavy atom. The van der Waals surface area contributed by atoms with Crippen LogP contribution in [0.4, 0.5) is 0 Å². The second-order valence-corrected chi connectivity index (χ2v) is 10.2. The van der Waals surface area contributed by atoms with Crippen molar-refractivity contribution in [1.29, 1.82) is 0 Å². The number of ether oxygens (including phenoxy) is 1. The first-order chi connectivity index (χ1) is 15.0. The van der Waals surface area contributed by atoms with Crippen LogP contribution in [0.15, 0.2) is 34.2 Å². The Morgan fingerprint density at radius 3 is 2.90 bits per heavy atom. The van der Waals surface area contributed by atoms with Crippen molar-refractivity contribution in [2.75, 3.05) is 6.61 Å². The quantitative estimate of drug-likeness (QED) is 0.296. The number of aryl methyl sites for hydroxylation is 1. The highest BCUT2D eigenvalue weighted by molar-refractivity contribution is 7.99. The van der Waals surface area contributed by atoms with E-state index in [0.29, 0.717) is 26.5 Å². The van der Waals surface area contributed by atoms with E-state index < -0.39 is 5.97 Å². The van der Waals surface area contributed by atoms with Crippen molar-refractivity contribution in [3.8, 4) is 0 Å².